The maximum absolute atomic E-state index is 10.9. The normalized spacial score (nSPS) is 9.83. The summed E-state index contributed by atoms with van der Waals surface area (Å²) < 4.78 is 4.63. The Morgan fingerprint density at radius 1 is 0.652 bits per heavy atom. The lowest BCUT2D eigenvalue weighted by Gasteiger charge is -2.03. The first-order valence-corrected chi connectivity index (χ1v) is 9.38. The number of rotatable bonds is 16. The summed E-state index contributed by atoms with van der Waals surface area (Å²) in [5.41, 5.74) is 0. The third-order valence-electron chi connectivity index (χ3n) is 4.21. The van der Waals surface area contributed by atoms with E-state index in [0.29, 0.717) is 6.42 Å². The summed E-state index contributed by atoms with van der Waals surface area (Å²) in [6.45, 7) is 2.28. The van der Waals surface area contributed by atoms with Gasteiger partial charge < -0.3 is 10.9 Å². The molecule has 0 unspecified atom stereocenters. The number of methoxy groups -OCH3 is 1. The molecule has 0 radical (unpaired) electrons. The summed E-state index contributed by atoms with van der Waals surface area (Å²) in [5.74, 6) is -0.0651. The van der Waals surface area contributed by atoms with Crippen molar-refractivity contribution in [3.63, 3.8) is 0 Å². The number of hydrogen-bond acceptors (Lipinski definition) is 3. The zero-order valence-corrected chi connectivity index (χ0v) is 16.6. The first-order chi connectivity index (χ1) is 10.3. The van der Waals surface area contributed by atoms with Gasteiger partial charge in [-0.2, -0.15) is 0 Å². The van der Waals surface area contributed by atoms with E-state index in [0.717, 1.165) is 6.42 Å². The molecule has 0 aliphatic rings. The Labute approximate surface area is 151 Å². The molecule has 0 spiro atoms. The molecule has 3 N–H and O–H groups in total. The van der Waals surface area contributed by atoms with Crippen molar-refractivity contribution in [1.29, 1.82) is 0 Å². The van der Waals surface area contributed by atoms with Crippen molar-refractivity contribution in [2.24, 2.45) is 0 Å². The number of halogens is 1. The third-order valence-corrected chi connectivity index (χ3v) is 4.21. The van der Waals surface area contributed by atoms with E-state index in [1.165, 1.54) is 97.0 Å². The van der Waals surface area contributed by atoms with Gasteiger partial charge in [-0.25, -0.2) is 0 Å². The second kappa shape index (κ2) is 24.0. The largest absolute Gasteiger partial charge is 0.469 e. The van der Waals surface area contributed by atoms with Crippen LogP contribution in [0.1, 0.15) is 110 Å². The lowest BCUT2D eigenvalue weighted by molar-refractivity contribution is -0.140. The van der Waals surface area contributed by atoms with Crippen LogP contribution in [0.3, 0.4) is 0 Å². The van der Waals surface area contributed by atoms with Crippen molar-refractivity contribution in [2.75, 3.05) is 7.11 Å². The van der Waals surface area contributed by atoms with Crippen molar-refractivity contribution < 1.29 is 9.53 Å². The van der Waals surface area contributed by atoms with Crippen molar-refractivity contribution >= 4 is 18.4 Å². The van der Waals surface area contributed by atoms with Gasteiger partial charge >= 0.3 is 5.97 Å². The van der Waals surface area contributed by atoms with E-state index in [1.54, 1.807) is 0 Å². The van der Waals surface area contributed by atoms with Crippen LogP contribution in [0.15, 0.2) is 0 Å². The van der Waals surface area contributed by atoms with Crippen molar-refractivity contribution in [3.05, 3.63) is 0 Å². The van der Waals surface area contributed by atoms with Gasteiger partial charge in [0.1, 0.15) is 0 Å². The summed E-state index contributed by atoms with van der Waals surface area (Å²) in [6.07, 6.45) is 20.9. The van der Waals surface area contributed by atoms with Crippen molar-refractivity contribution in [3.8, 4) is 0 Å². The molecule has 0 fully saturated rings. The lowest BCUT2D eigenvalue weighted by Crippen LogP contribution is -1.99. The van der Waals surface area contributed by atoms with Crippen molar-refractivity contribution in [1.82, 2.24) is 6.15 Å². The molecule has 0 rings (SSSR count). The number of unbranched alkanes of at least 4 members (excludes halogenated alkanes) is 14. The molecule has 3 nitrogen and oxygen atoms in total. The van der Waals surface area contributed by atoms with Gasteiger partial charge in [-0.1, -0.05) is 96.8 Å². The molecule has 0 atom stereocenters. The van der Waals surface area contributed by atoms with E-state index < -0.39 is 0 Å². The highest BCUT2D eigenvalue weighted by Gasteiger charge is 1.99. The van der Waals surface area contributed by atoms with E-state index in [-0.39, 0.29) is 24.5 Å². The highest BCUT2D eigenvalue weighted by atomic mass is 35.5. The SMILES string of the molecule is CCCCCCCCCCCCCCCCCC(=O)OC.Cl.N. The van der Waals surface area contributed by atoms with Crippen LogP contribution in [0.2, 0.25) is 0 Å². The molecule has 0 aliphatic carbocycles. The number of ether oxygens (including phenoxy) is 1. The molecule has 4 heteroatoms. The topological polar surface area (TPSA) is 61.3 Å². The Bertz CT molecular complexity index is 225. The van der Waals surface area contributed by atoms with Crippen LogP contribution >= 0.6 is 12.4 Å². The van der Waals surface area contributed by atoms with Gasteiger partial charge in [0.25, 0.3) is 0 Å². The van der Waals surface area contributed by atoms with E-state index in [2.05, 4.69) is 11.7 Å². The molecule has 0 bridgehead atoms. The number of hydrogen-bond donors (Lipinski definition) is 1. The number of carbonyl (C=O) groups is 1. The molecule has 0 saturated heterocycles. The molecule has 142 valence electrons. The van der Waals surface area contributed by atoms with E-state index >= 15 is 0 Å². The van der Waals surface area contributed by atoms with Crippen LogP contribution in [0, 0.1) is 0 Å². The van der Waals surface area contributed by atoms with Crippen molar-refractivity contribution in [2.45, 2.75) is 110 Å². The fourth-order valence-electron chi connectivity index (χ4n) is 2.74. The predicted octanol–water partition coefficient (Wildman–Crippen LogP) is 7.00. The van der Waals surface area contributed by atoms with Gasteiger partial charge in [-0.05, 0) is 6.42 Å². The van der Waals surface area contributed by atoms with Crippen LogP contribution in [0.5, 0.6) is 0 Å². The zero-order valence-electron chi connectivity index (χ0n) is 15.7. The average Bonchev–Trinajstić information content (AvgIpc) is 2.50. The fourth-order valence-corrected chi connectivity index (χ4v) is 2.74. The van der Waals surface area contributed by atoms with Gasteiger partial charge in [0.15, 0.2) is 0 Å². The molecular weight excluding hydrogens is 310 g/mol. The van der Waals surface area contributed by atoms with Gasteiger partial charge in [0.05, 0.1) is 7.11 Å². The van der Waals surface area contributed by atoms with Crippen LogP contribution in [0.4, 0.5) is 0 Å². The molecule has 23 heavy (non-hydrogen) atoms. The maximum Gasteiger partial charge on any atom is 0.305 e. The molecule has 0 amide bonds. The molecular formula is C19H42ClNO2. The highest BCUT2D eigenvalue weighted by Crippen LogP contribution is 2.13. The van der Waals surface area contributed by atoms with Crippen LogP contribution in [-0.4, -0.2) is 13.1 Å². The Morgan fingerprint density at radius 2 is 0.957 bits per heavy atom. The third kappa shape index (κ3) is 24.1. The fraction of sp³-hybridized carbons (Fsp3) is 0.947. The first kappa shape index (κ1) is 27.6. The van der Waals surface area contributed by atoms with Crippen LogP contribution < -0.4 is 6.15 Å². The van der Waals surface area contributed by atoms with E-state index in [9.17, 15) is 4.79 Å². The summed E-state index contributed by atoms with van der Waals surface area (Å²) in [5, 5.41) is 0. The molecule has 0 aromatic rings. The van der Waals surface area contributed by atoms with Crippen LogP contribution in [0.25, 0.3) is 0 Å². The van der Waals surface area contributed by atoms with E-state index in [1.807, 2.05) is 0 Å². The zero-order chi connectivity index (χ0) is 15.6. The van der Waals surface area contributed by atoms with E-state index in [4.69, 9.17) is 0 Å². The standard InChI is InChI=1S/C19H38O2.ClH.H3N/c1-3-4-5-6-7-8-9-10-11-12-13-14-15-16-17-18-19(20)21-2;;/h3-18H2,1-2H3;1H;1H3. The van der Waals surface area contributed by atoms with Gasteiger partial charge in [-0.15, -0.1) is 12.4 Å². The van der Waals surface area contributed by atoms with Gasteiger partial charge in [-0.3, -0.25) is 4.79 Å². The molecule has 0 aromatic heterocycles. The quantitative estimate of drug-likeness (QED) is 0.240. The minimum Gasteiger partial charge on any atom is -0.469 e. The second-order valence-electron chi connectivity index (χ2n) is 6.28. The second-order valence-corrected chi connectivity index (χ2v) is 6.28. The summed E-state index contributed by atoms with van der Waals surface area (Å²) in [7, 11) is 1.47. The van der Waals surface area contributed by atoms with Gasteiger partial charge in [0.2, 0.25) is 0 Å². The molecule has 0 saturated carbocycles. The first-order valence-electron chi connectivity index (χ1n) is 9.38. The van der Waals surface area contributed by atoms with Gasteiger partial charge in [0, 0.05) is 6.42 Å². The smallest absolute Gasteiger partial charge is 0.305 e. The summed E-state index contributed by atoms with van der Waals surface area (Å²) >= 11 is 0. The Balaban J connectivity index is -0.00000200. The minimum atomic E-state index is -0.0651. The lowest BCUT2D eigenvalue weighted by atomic mass is 10.0. The summed E-state index contributed by atoms with van der Waals surface area (Å²) in [4.78, 5) is 10.9. The average molecular weight is 352 g/mol. The maximum atomic E-state index is 10.9. The Kier molecular flexibility index (Phi) is 28.7. The predicted molar refractivity (Wildman–Crippen MR) is 104 cm³/mol. The molecule has 0 aliphatic heterocycles. The summed E-state index contributed by atoms with van der Waals surface area (Å²) in [6, 6.07) is 0. The Morgan fingerprint density at radius 3 is 1.26 bits per heavy atom. The van der Waals surface area contributed by atoms with Crippen LogP contribution in [-0.2, 0) is 9.53 Å². The molecule has 0 aromatic carbocycles. The number of carbonyl (C=O) groups excluding carboxylic acids is 1. The highest BCUT2D eigenvalue weighted by molar-refractivity contribution is 5.85. The molecule has 0 heterocycles. The Hall–Kier alpha value is -0.280. The number of esters is 1. The minimum absolute atomic E-state index is 0. The monoisotopic (exact) mass is 351 g/mol.